The standard InChI is InChI=1S/C23H36N2O4/c1-16-9-14-19(25(15-16)21(27)29-23(5,6)7)17-10-12-18(13-11-17)24(8)20(26)28-22(2,3)4/h10-13,16,19H,9,14-15H2,1-8H3/t16-,19+/m1/s1. The van der Waals surface area contributed by atoms with Crippen LogP contribution in [0.25, 0.3) is 0 Å². The van der Waals surface area contributed by atoms with Gasteiger partial charge in [-0.2, -0.15) is 0 Å². The lowest BCUT2D eigenvalue weighted by molar-refractivity contribution is 0.00363. The van der Waals surface area contributed by atoms with E-state index >= 15 is 0 Å². The third-order valence-corrected chi connectivity index (χ3v) is 4.78. The van der Waals surface area contributed by atoms with Crippen molar-refractivity contribution in [2.45, 2.75) is 78.6 Å². The van der Waals surface area contributed by atoms with Gasteiger partial charge in [-0.3, -0.25) is 4.90 Å². The van der Waals surface area contributed by atoms with Crippen molar-refractivity contribution in [2.24, 2.45) is 5.92 Å². The highest BCUT2D eigenvalue weighted by Crippen LogP contribution is 2.35. The molecule has 1 saturated heterocycles. The molecular formula is C23H36N2O4. The lowest BCUT2D eigenvalue weighted by Crippen LogP contribution is -2.44. The van der Waals surface area contributed by atoms with Gasteiger partial charge in [-0.05, 0) is 78.0 Å². The van der Waals surface area contributed by atoms with Crippen LogP contribution in [0, 0.1) is 5.92 Å². The molecule has 162 valence electrons. The summed E-state index contributed by atoms with van der Waals surface area (Å²) in [7, 11) is 1.69. The molecule has 29 heavy (non-hydrogen) atoms. The minimum atomic E-state index is -0.544. The number of anilines is 1. The van der Waals surface area contributed by atoms with E-state index in [0.29, 0.717) is 12.5 Å². The second-order valence-corrected chi connectivity index (χ2v) is 9.96. The first-order valence-corrected chi connectivity index (χ1v) is 10.3. The third kappa shape index (κ3) is 6.65. The fourth-order valence-corrected chi connectivity index (χ4v) is 3.38. The summed E-state index contributed by atoms with van der Waals surface area (Å²) in [5.74, 6) is 0.441. The van der Waals surface area contributed by atoms with Crippen LogP contribution < -0.4 is 4.90 Å². The van der Waals surface area contributed by atoms with E-state index in [4.69, 9.17) is 9.47 Å². The molecule has 0 spiro atoms. The zero-order valence-corrected chi connectivity index (χ0v) is 19.1. The van der Waals surface area contributed by atoms with E-state index in [2.05, 4.69) is 6.92 Å². The first-order valence-electron chi connectivity index (χ1n) is 10.3. The Morgan fingerprint density at radius 2 is 1.52 bits per heavy atom. The van der Waals surface area contributed by atoms with Crippen LogP contribution in [-0.2, 0) is 9.47 Å². The predicted molar refractivity (Wildman–Crippen MR) is 115 cm³/mol. The molecular weight excluding hydrogens is 368 g/mol. The van der Waals surface area contributed by atoms with Gasteiger partial charge in [0.2, 0.25) is 0 Å². The Hall–Kier alpha value is -2.24. The Bertz CT molecular complexity index is 716. The number of benzene rings is 1. The zero-order chi connectivity index (χ0) is 22.0. The molecule has 1 heterocycles. The topological polar surface area (TPSA) is 59.1 Å². The molecule has 1 fully saturated rings. The highest BCUT2D eigenvalue weighted by molar-refractivity contribution is 5.87. The van der Waals surface area contributed by atoms with Gasteiger partial charge in [0, 0.05) is 19.3 Å². The number of hydrogen-bond acceptors (Lipinski definition) is 4. The van der Waals surface area contributed by atoms with Crippen molar-refractivity contribution < 1.29 is 19.1 Å². The molecule has 2 amide bonds. The van der Waals surface area contributed by atoms with Gasteiger partial charge in [0.15, 0.2) is 0 Å². The molecule has 0 aliphatic carbocycles. The fraction of sp³-hybridized carbons (Fsp3) is 0.652. The summed E-state index contributed by atoms with van der Waals surface area (Å²) in [5, 5.41) is 0. The average molecular weight is 405 g/mol. The number of likely N-dealkylation sites (tertiary alicyclic amines) is 1. The van der Waals surface area contributed by atoms with Crippen LogP contribution in [0.1, 0.15) is 72.9 Å². The molecule has 0 bridgehead atoms. The highest BCUT2D eigenvalue weighted by Gasteiger charge is 2.34. The van der Waals surface area contributed by atoms with Crippen LogP contribution >= 0.6 is 0 Å². The number of amides is 2. The van der Waals surface area contributed by atoms with Gasteiger partial charge in [-0.1, -0.05) is 19.1 Å². The minimum absolute atomic E-state index is 0.0260. The molecule has 6 heteroatoms. The van der Waals surface area contributed by atoms with Crippen LogP contribution in [-0.4, -0.2) is 41.9 Å². The van der Waals surface area contributed by atoms with E-state index in [1.54, 1.807) is 7.05 Å². The predicted octanol–water partition coefficient (Wildman–Crippen LogP) is 5.77. The average Bonchev–Trinajstić information content (AvgIpc) is 2.58. The molecule has 0 saturated carbocycles. The van der Waals surface area contributed by atoms with E-state index in [9.17, 15) is 9.59 Å². The first kappa shape index (κ1) is 23.0. The molecule has 1 aliphatic rings. The normalized spacial score (nSPS) is 20.2. The van der Waals surface area contributed by atoms with Crippen molar-refractivity contribution in [3.05, 3.63) is 29.8 Å². The molecule has 0 N–H and O–H groups in total. The van der Waals surface area contributed by atoms with E-state index < -0.39 is 17.3 Å². The number of piperidine rings is 1. The Labute approximate surface area is 175 Å². The number of ether oxygens (including phenoxy) is 2. The lowest BCUT2D eigenvalue weighted by Gasteiger charge is -2.39. The molecule has 0 unspecified atom stereocenters. The van der Waals surface area contributed by atoms with Crippen LogP contribution in [0.4, 0.5) is 15.3 Å². The third-order valence-electron chi connectivity index (χ3n) is 4.78. The van der Waals surface area contributed by atoms with Gasteiger partial charge in [0.05, 0.1) is 6.04 Å². The van der Waals surface area contributed by atoms with Crippen molar-refractivity contribution in [2.75, 3.05) is 18.5 Å². The van der Waals surface area contributed by atoms with Gasteiger partial charge < -0.3 is 14.4 Å². The summed E-state index contributed by atoms with van der Waals surface area (Å²) < 4.78 is 11.1. The number of nitrogens with zero attached hydrogens (tertiary/aromatic N) is 2. The largest absolute Gasteiger partial charge is 0.444 e. The number of carbonyl (C=O) groups excluding carboxylic acids is 2. The van der Waals surface area contributed by atoms with Gasteiger partial charge >= 0.3 is 12.2 Å². The van der Waals surface area contributed by atoms with Gasteiger partial charge in [-0.15, -0.1) is 0 Å². The van der Waals surface area contributed by atoms with Gasteiger partial charge in [0.1, 0.15) is 11.2 Å². The summed E-state index contributed by atoms with van der Waals surface area (Å²) in [6.45, 7) is 14.0. The van der Waals surface area contributed by atoms with Gasteiger partial charge in [-0.25, -0.2) is 9.59 Å². The highest BCUT2D eigenvalue weighted by atomic mass is 16.6. The summed E-state index contributed by atoms with van der Waals surface area (Å²) in [6, 6.07) is 7.72. The van der Waals surface area contributed by atoms with E-state index in [1.807, 2.05) is 70.7 Å². The van der Waals surface area contributed by atoms with Crippen LogP contribution in [0.5, 0.6) is 0 Å². The summed E-state index contributed by atoms with van der Waals surface area (Å²) in [5.41, 5.74) is 0.723. The molecule has 1 aromatic carbocycles. The second kappa shape index (κ2) is 8.64. The number of hydrogen-bond donors (Lipinski definition) is 0. The molecule has 1 aliphatic heterocycles. The molecule has 1 aromatic rings. The van der Waals surface area contributed by atoms with E-state index in [1.165, 1.54) is 4.90 Å². The quantitative estimate of drug-likeness (QED) is 0.628. The maximum Gasteiger partial charge on any atom is 0.414 e. The molecule has 2 rings (SSSR count). The Kier molecular flexibility index (Phi) is 6.86. The van der Waals surface area contributed by atoms with Crippen molar-refractivity contribution in [3.8, 4) is 0 Å². The monoisotopic (exact) mass is 404 g/mol. The van der Waals surface area contributed by atoms with Crippen LogP contribution in [0.3, 0.4) is 0 Å². The molecule has 0 aromatic heterocycles. The number of carbonyl (C=O) groups is 2. The van der Waals surface area contributed by atoms with E-state index in [-0.39, 0.29) is 12.1 Å². The maximum atomic E-state index is 12.8. The Morgan fingerprint density at radius 1 is 0.966 bits per heavy atom. The molecule has 0 radical (unpaired) electrons. The Morgan fingerprint density at radius 3 is 2.03 bits per heavy atom. The molecule has 2 atom stereocenters. The fourth-order valence-electron chi connectivity index (χ4n) is 3.38. The molecule has 6 nitrogen and oxygen atoms in total. The van der Waals surface area contributed by atoms with Crippen LogP contribution in [0.15, 0.2) is 24.3 Å². The summed E-state index contributed by atoms with van der Waals surface area (Å²) in [6.07, 6.45) is 1.28. The van der Waals surface area contributed by atoms with Gasteiger partial charge in [0.25, 0.3) is 0 Å². The SMILES string of the molecule is C[C@@H]1CC[C@@H](c2ccc(N(C)C(=O)OC(C)(C)C)cc2)N(C(=O)OC(C)(C)C)C1. The smallest absolute Gasteiger partial charge is 0.414 e. The Balaban J connectivity index is 2.17. The summed E-state index contributed by atoms with van der Waals surface area (Å²) >= 11 is 0. The maximum absolute atomic E-state index is 12.8. The van der Waals surface area contributed by atoms with Crippen molar-refractivity contribution in [3.63, 3.8) is 0 Å². The first-order chi connectivity index (χ1) is 13.3. The summed E-state index contributed by atoms with van der Waals surface area (Å²) in [4.78, 5) is 28.4. The van der Waals surface area contributed by atoms with E-state index in [0.717, 1.165) is 24.1 Å². The second-order valence-electron chi connectivity index (χ2n) is 9.96. The minimum Gasteiger partial charge on any atom is -0.444 e. The van der Waals surface area contributed by atoms with Crippen molar-refractivity contribution in [1.29, 1.82) is 0 Å². The number of rotatable bonds is 2. The van der Waals surface area contributed by atoms with Crippen molar-refractivity contribution >= 4 is 17.9 Å². The van der Waals surface area contributed by atoms with Crippen LogP contribution in [0.2, 0.25) is 0 Å². The zero-order valence-electron chi connectivity index (χ0n) is 19.1. The van der Waals surface area contributed by atoms with Crippen molar-refractivity contribution in [1.82, 2.24) is 4.90 Å². The lowest BCUT2D eigenvalue weighted by atomic mass is 9.90.